The Kier molecular flexibility index (Phi) is 3.87. The molecule has 100 valence electrons. The lowest BCUT2D eigenvalue weighted by Gasteiger charge is -2.22. The van der Waals surface area contributed by atoms with Gasteiger partial charge in [0.15, 0.2) is 5.82 Å². The Labute approximate surface area is 121 Å². The third kappa shape index (κ3) is 2.77. The van der Waals surface area contributed by atoms with Crippen LogP contribution in [0.4, 0.5) is 5.82 Å². The number of halogens is 1. The van der Waals surface area contributed by atoms with Gasteiger partial charge in [-0.05, 0) is 29.8 Å². The Morgan fingerprint density at radius 2 is 1.79 bits per heavy atom. The Morgan fingerprint density at radius 3 is 2.37 bits per heavy atom. The van der Waals surface area contributed by atoms with Gasteiger partial charge in [0, 0.05) is 12.7 Å². The van der Waals surface area contributed by atoms with Crippen LogP contribution in [0.25, 0.3) is 11.3 Å². The lowest BCUT2D eigenvalue weighted by atomic mass is 10.1. The van der Waals surface area contributed by atoms with Crippen LogP contribution in [-0.4, -0.2) is 17.1 Å². The van der Waals surface area contributed by atoms with Crippen LogP contribution in [0.5, 0.6) is 0 Å². The van der Waals surface area contributed by atoms with E-state index in [9.17, 15) is 0 Å². The molecule has 1 heterocycles. The first kappa shape index (κ1) is 14.0. The molecule has 4 nitrogen and oxygen atoms in total. The van der Waals surface area contributed by atoms with Crippen LogP contribution in [0.3, 0.4) is 0 Å². The molecule has 5 heteroatoms. The summed E-state index contributed by atoms with van der Waals surface area (Å²) < 4.78 is 6.12. The van der Waals surface area contributed by atoms with Gasteiger partial charge in [0.1, 0.15) is 11.4 Å². The molecule has 0 radical (unpaired) electrons. The second-order valence-corrected chi connectivity index (χ2v) is 5.47. The van der Waals surface area contributed by atoms with Gasteiger partial charge in [-0.1, -0.05) is 30.3 Å². The molecule has 0 amide bonds. The zero-order valence-electron chi connectivity index (χ0n) is 11.1. The molecule has 2 rings (SSSR count). The minimum Gasteiger partial charge on any atom is -0.383 e. The van der Waals surface area contributed by atoms with Crippen molar-refractivity contribution in [2.24, 2.45) is 0 Å². The van der Waals surface area contributed by atoms with Crippen LogP contribution < -0.4 is 5.73 Å². The zero-order valence-corrected chi connectivity index (χ0v) is 12.7. The van der Waals surface area contributed by atoms with Crippen molar-refractivity contribution in [3.8, 4) is 11.3 Å². The van der Waals surface area contributed by atoms with Crippen molar-refractivity contribution in [2.45, 2.75) is 19.4 Å². The summed E-state index contributed by atoms with van der Waals surface area (Å²) in [6, 6.07) is 9.84. The van der Waals surface area contributed by atoms with Gasteiger partial charge < -0.3 is 10.5 Å². The van der Waals surface area contributed by atoms with E-state index in [0.29, 0.717) is 16.1 Å². The highest BCUT2D eigenvalue weighted by Crippen LogP contribution is 2.32. The molecule has 1 aromatic heterocycles. The Morgan fingerprint density at radius 1 is 1.16 bits per heavy atom. The lowest BCUT2D eigenvalue weighted by molar-refractivity contribution is 0.0116. The lowest BCUT2D eigenvalue weighted by Crippen LogP contribution is -2.24. The molecule has 0 aliphatic carbocycles. The topological polar surface area (TPSA) is 61.0 Å². The Bertz CT molecular complexity index is 585. The molecule has 0 aliphatic heterocycles. The Balaban J connectivity index is 2.62. The van der Waals surface area contributed by atoms with E-state index in [1.54, 1.807) is 7.11 Å². The van der Waals surface area contributed by atoms with Gasteiger partial charge in [-0.2, -0.15) is 0 Å². The number of methoxy groups -OCH3 is 1. The van der Waals surface area contributed by atoms with Crippen LogP contribution in [0.2, 0.25) is 0 Å². The fourth-order valence-electron chi connectivity index (χ4n) is 1.61. The molecule has 0 unspecified atom stereocenters. The number of rotatable bonds is 3. The Hall–Kier alpha value is -1.46. The van der Waals surface area contributed by atoms with Crippen LogP contribution in [-0.2, 0) is 10.3 Å². The normalized spacial score (nSPS) is 11.6. The van der Waals surface area contributed by atoms with Crippen molar-refractivity contribution in [3.63, 3.8) is 0 Å². The number of hydrogen-bond donors (Lipinski definition) is 1. The molecule has 0 aliphatic rings. The molecule has 2 N–H and O–H groups in total. The van der Waals surface area contributed by atoms with E-state index in [-0.39, 0.29) is 0 Å². The zero-order chi connectivity index (χ0) is 14.0. The number of benzene rings is 1. The largest absolute Gasteiger partial charge is 0.383 e. The van der Waals surface area contributed by atoms with Crippen molar-refractivity contribution in [2.75, 3.05) is 12.8 Å². The second-order valence-electron chi connectivity index (χ2n) is 4.68. The minimum absolute atomic E-state index is 0.411. The third-order valence-corrected chi connectivity index (χ3v) is 3.75. The standard InChI is InChI=1S/C14H16BrN3O/c1-14(2,19-3)13-17-11(10(15)12(16)18-13)9-7-5-4-6-8-9/h4-8H,1-3H3,(H2,16,17,18). The maximum atomic E-state index is 5.96. The van der Waals surface area contributed by atoms with Crippen molar-refractivity contribution in [1.29, 1.82) is 0 Å². The number of aromatic nitrogens is 2. The number of ether oxygens (including phenoxy) is 1. The molecule has 0 spiro atoms. The van der Waals surface area contributed by atoms with Gasteiger partial charge in [0.2, 0.25) is 0 Å². The van der Waals surface area contributed by atoms with E-state index in [0.717, 1.165) is 11.3 Å². The number of anilines is 1. The van der Waals surface area contributed by atoms with Crippen molar-refractivity contribution >= 4 is 21.7 Å². The van der Waals surface area contributed by atoms with E-state index >= 15 is 0 Å². The molecule has 19 heavy (non-hydrogen) atoms. The predicted molar refractivity (Wildman–Crippen MR) is 79.6 cm³/mol. The average molecular weight is 322 g/mol. The van der Waals surface area contributed by atoms with Crippen LogP contribution >= 0.6 is 15.9 Å². The summed E-state index contributed by atoms with van der Waals surface area (Å²) in [5.74, 6) is 0.975. The molecular weight excluding hydrogens is 306 g/mol. The highest BCUT2D eigenvalue weighted by molar-refractivity contribution is 9.10. The van der Waals surface area contributed by atoms with Crippen molar-refractivity contribution < 1.29 is 4.74 Å². The minimum atomic E-state index is -0.585. The van der Waals surface area contributed by atoms with Gasteiger partial charge in [0.25, 0.3) is 0 Å². The van der Waals surface area contributed by atoms with E-state index in [1.165, 1.54) is 0 Å². The van der Waals surface area contributed by atoms with Crippen LogP contribution in [0.15, 0.2) is 34.8 Å². The first-order chi connectivity index (χ1) is 8.95. The SMILES string of the molecule is COC(C)(C)c1nc(N)c(Br)c(-c2ccccc2)n1. The van der Waals surface area contributed by atoms with E-state index in [1.807, 2.05) is 44.2 Å². The molecule has 0 fully saturated rings. The van der Waals surface area contributed by atoms with Gasteiger partial charge in [0.05, 0.1) is 10.2 Å². The summed E-state index contributed by atoms with van der Waals surface area (Å²) in [6.45, 7) is 3.81. The molecule has 0 saturated carbocycles. The van der Waals surface area contributed by atoms with Crippen molar-refractivity contribution in [1.82, 2.24) is 9.97 Å². The number of nitrogens with zero attached hydrogens (tertiary/aromatic N) is 2. The molecule has 1 aromatic carbocycles. The van der Waals surface area contributed by atoms with Crippen LogP contribution in [0.1, 0.15) is 19.7 Å². The van der Waals surface area contributed by atoms with Gasteiger partial charge in [-0.25, -0.2) is 9.97 Å². The van der Waals surface area contributed by atoms with Gasteiger partial charge >= 0.3 is 0 Å². The molecule has 0 bridgehead atoms. The van der Waals surface area contributed by atoms with Gasteiger partial charge in [-0.3, -0.25) is 0 Å². The maximum Gasteiger partial charge on any atom is 0.162 e. The summed E-state index contributed by atoms with van der Waals surface area (Å²) in [5.41, 5.74) is 7.13. The summed E-state index contributed by atoms with van der Waals surface area (Å²) in [7, 11) is 1.63. The number of nitrogen functional groups attached to an aromatic ring is 1. The van der Waals surface area contributed by atoms with E-state index in [4.69, 9.17) is 10.5 Å². The molecule has 2 aromatic rings. The third-order valence-electron chi connectivity index (χ3n) is 2.97. The monoisotopic (exact) mass is 321 g/mol. The second kappa shape index (κ2) is 5.27. The smallest absolute Gasteiger partial charge is 0.162 e. The first-order valence-corrected chi connectivity index (χ1v) is 6.69. The summed E-state index contributed by atoms with van der Waals surface area (Å²) in [5, 5.41) is 0. The fourth-order valence-corrected chi connectivity index (χ4v) is 2.02. The maximum absolute atomic E-state index is 5.96. The average Bonchev–Trinajstić information content (AvgIpc) is 2.42. The summed E-state index contributed by atoms with van der Waals surface area (Å²) >= 11 is 3.45. The number of hydrogen-bond acceptors (Lipinski definition) is 4. The molecule has 0 saturated heterocycles. The predicted octanol–water partition coefficient (Wildman–Crippen LogP) is 3.37. The van der Waals surface area contributed by atoms with E-state index in [2.05, 4.69) is 25.9 Å². The quantitative estimate of drug-likeness (QED) is 0.941. The summed E-state index contributed by atoms with van der Waals surface area (Å²) in [4.78, 5) is 8.88. The molecular formula is C14H16BrN3O. The number of nitrogens with two attached hydrogens (primary N) is 1. The highest BCUT2D eigenvalue weighted by Gasteiger charge is 2.25. The van der Waals surface area contributed by atoms with Crippen LogP contribution in [0, 0.1) is 0 Å². The van der Waals surface area contributed by atoms with E-state index < -0.39 is 5.60 Å². The fraction of sp³-hybridized carbons (Fsp3) is 0.286. The summed E-state index contributed by atoms with van der Waals surface area (Å²) in [6.07, 6.45) is 0. The first-order valence-electron chi connectivity index (χ1n) is 5.90. The van der Waals surface area contributed by atoms with Gasteiger partial charge in [-0.15, -0.1) is 0 Å². The van der Waals surface area contributed by atoms with Crippen molar-refractivity contribution in [3.05, 3.63) is 40.6 Å². The molecule has 0 atom stereocenters. The highest BCUT2D eigenvalue weighted by atomic mass is 79.9.